The average Bonchev–Trinajstić information content (AvgIpc) is 3.39. The molecule has 2 aromatic carbocycles. The molecule has 0 spiro atoms. The first-order valence-corrected chi connectivity index (χ1v) is 12.7. The number of amides is 1. The van der Waals surface area contributed by atoms with Crippen molar-refractivity contribution in [3.05, 3.63) is 77.9 Å². The maximum atomic E-state index is 12.6. The van der Waals surface area contributed by atoms with E-state index in [9.17, 15) is 9.59 Å². The van der Waals surface area contributed by atoms with Gasteiger partial charge in [-0.05, 0) is 43.0 Å². The van der Waals surface area contributed by atoms with E-state index in [4.69, 9.17) is 9.47 Å². The van der Waals surface area contributed by atoms with Crippen LogP contribution >= 0.6 is 22.6 Å². The van der Waals surface area contributed by atoms with E-state index in [1.807, 2.05) is 45.0 Å². The number of halogens is 1. The van der Waals surface area contributed by atoms with Gasteiger partial charge in [-0.3, -0.25) is 0 Å². The first kappa shape index (κ1) is 24.3. The number of carbonyl (C=O) groups excluding carboxylic acids is 2. The highest BCUT2D eigenvalue weighted by atomic mass is 127. The zero-order chi connectivity index (χ0) is 24.3. The van der Waals surface area contributed by atoms with Crippen molar-refractivity contribution in [3.63, 3.8) is 0 Å². The summed E-state index contributed by atoms with van der Waals surface area (Å²) in [6.45, 7) is 5.70. The quantitative estimate of drug-likeness (QED) is 0.309. The Bertz CT molecular complexity index is 1140. The molecule has 3 aromatic rings. The highest BCUT2D eigenvalue weighted by Gasteiger charge is 2.29. The van der Waals surface area contributed by atoms with Crippen LogP contribution in [0.15, 0.2) is 61.1 Å². The molecule has 1 heterocycles. The van der Waals surface area contributed by atoms with Crippen LogP contribution in [0.4, 0.5) is 9.59 Å². The summed E-state index contributed by atoms with van der Waals surface area (Å²) in [4.78, 5) is 29.1. The van der Waals surface area contributed by atoms with E-state index in [2.05, 4.69) is 57.2 Å². The maximum Gasteiger partial charge on any atom is 0.419 e. The summed E-state index contributed by atoms with van der Waals surface area (Å²) in [6.07, 6.45) is 2.59. The van der Waals surface area contributed by atoms with Crippen LogP contribution in [0.25, 0.3) is 11.1 Å². The fourth-order valence-electron chi connectivity index (χ4n) is 4.09. The highest BCUT2D eigenvalue weighted by Crippen LogP contribution is 2.44. The predicted molar refractivity (Wildman–Crippen MR) is 138 cm³/mol. The molecule has 1 N–H and O–H groups in total. The van der Waals surface area contributed by atoms with Crippen LogP contribution in [0.2, 0.25) is 0 Å². The molecule has 1 amide bonds. The minimum Gasteiger partial charge on any atom is -0.449 e. The lowest BCUT2D eigenvalue weighted by molar-refractivity contribution is 0.0536. The smallest absolute Gasteiger partial charge is 0.419 e. The third-order valence-corrected chi connectivity index (χ3v) is 6.61. The second-order valence-corrected chi connectivity index (χ2v) is 10.2. The van der Waals surface area contributed by atoms with Gasteiger partial charge in [0, 0.05) is 29.0 Å². The van der Waals surface area contributed by atoms with Crippen molar-refractivity contribution in [1.29, 1.82) is 0 Å². The van der Waals surface area contributed by atoms with Gasteiger partial charge < -0.3 is 14.8 Å². The molecule has 34 heavy (non-hydrogen) atoms. The number of aromatic nitrogens is 2. The topological polar surface area (TPSA) is 82.5 Å². The number of imidazole rings is 1. The fourth-order valence-corrected chi connectivity index (χ4v) is 4.62. The molecule has 0 radical (unpaired) electrons. The number of rotatable bonds is 6. The molecule has 1 aliphatic rings. The van der Waals surface area contributed by atoms with E-state index in [0.29, 0.717) is 16.5 Å². The Balaban J connectivity index is 1.35. The monoisotopic (exact) mass is 573 g/mol. The Hall–Kier alpha value is -2.88. The summed E-state index contributed by atoms with van der Waals surface area (Å²) in [6, 6.07) is 16.3. The SMILES string of the molecule is CC(C)(C)OC(=O)n1cnc(C[C@@H](CI)NC(=O)OCC2c3ccccc3-c3ccccc32)c1. The number of benzene rings is 2. The summed E-state index contributed by atoms with van der Waals surface area (Å²) in [5.74, 6) is 0.0146. The second kappa shape index (κ2) is 10.2. The lowest BCUT2D eigenvalue weighted by Gasteiger charge is -2.19. The molecule has 0 unspecified atom stereocenters. The predicted octanol–water partition coefficient (Wildman–Crippen LogP) is 5.55. The highest BCUT2D eigenvalue weighted by molar-refractivity contribution is 14.1. The number of hydrogen-bond donors (Lipinski definition) is 1. The second-order valence-electron chi connectivity index (χ2n) is 9.28. The first-order valence-electron chi connectivity index (χ1n) is 11.2. The Morgan fingerprint density at radius 1 is 1.09 bits per heavy atom. The lowest BCUT2D eigenvalue weighted by Crippen LogP contribution is -2.38. The standard InChI is InChI=1S/C26H28IN3O4/c1-26(2,3)34-25(32)30-14-18(28-16-30)12-17(13-27)29-24(31)33-15-23-21-10-6-4-8-19(21)20-9-5-7-11-22(20)23/h4-11,14,16-17,23H,12-13,15H2,1-3H3,(H,29,31)/t17-/m0/s1. The van der Waals surface area contributed by atoms with Gasteiger partial charge in [0.15, 0.2) is 0 Å². The lowest BCUT2D eigenvalue weighted by atomic mass is 9.98. The van der Waals surface area contributed by atoms with Gasteiger partial charge in [-0.25, -0.2) is 19.1 Å². The van der Waals surface area contributed by atoms with Crippen molar-refractivity contribution < 1.29 is 19.1 Å². The molecular weight excluding hydrogens is 545 g/mol. The minimum atomic E-state index is -0.585. The molecule has 7 nitrogen and oxygen atoms in total. The van der Waals surface area contributed by atoms with Crippen LogP contribution in [0.5, 0.6) is 0 Å². The number of nitrogens with zero attached hydrogens (tertiary/aromatic N) is 2. The summed E-state index contributed by atoms with van der Waals surface area (Å²) >= 11 is 2.22. The number of fused-ring (bicyclic) bond motifs is 3. The summed E-state index contributed by atoms with van der Waals surface area (Å²) in [5.41, 5.74) is 4.84. The summed E-state index contributed by atoms with van der Waals surface area (Å²) in [5, 5.41) is 2.93. The zero-order valence-electron chi connectivity index (χ0n) is 19.5. The van der Waals surface area contributed by atoms with Crippen molar-refractivity contribution in [2.24, 2.45) is 0 Å². The average molecular weight is 573 g/mol. The third-order valence-electron chi connectivity index (χ3n) is 5.55. The molecule has 0 saturated carbocycles. The Labute approximate surface area is 213 Å². The Morgan fingerprint density at radius 3 is 2.29 bits per heavy atom. The van der Waals surface area contributed by atoms with Crippen molar-refractivity contribution in [3.8, 4) is 11.1 Å². The van der Waals surface area contributed by atoms with Crippen molar-refractivity contribution >= 4 is 34.8 Å². The molecule has 178 valence electrons. The Morgan fingerprint density at radius 2 is 1.71 bits per heavy atom. The number of alkyl carbamates (subject to hydrolysis) is 1. The molecule has 1 atom stereocenters. The van der Waals surface area contributed by atoms with Gasteiger partial charge in [-0.15, -0.1) is 0 Å². The number of carbonyl (C=O) groups is 2. The molecule has 1 aliphatic carbocycles. The van der Waals surface area contributed by atoms with Crippen molar-refractivity contribution in [2.45, 2.75) is 44.8 Å². The third kappa shape index (κ3) is 5.60. The van der Waals surface area contributed by atoms with E-state index >= 15 is 0 Å². The summed E-state index contributed by atoms with van der Waals surface area (Å²) < 4.78 is 13.0. The molecule has 0 bridgehead atoms. The Kier molecular flexibility index (Phi) is 7.25. The molecule has 0 fully saturated rings. The maximum absolute atomic E-state index is 12.6. The fraction of sp³-hybridized carbons (Fsp3) is 0.346. The molecular formula is C26H28IN3O4. The van der Waals surface area contributed by atoms with Gasteiger partial charge in [0.2, 0.25) is 0 Å². The normalized spacial score (nSPS) is 13.6. The van der Waals surface area contributed by atoms with E-state index in [1.165, 1.54) is 33.1 Å². The number of ether oxygens (including phenoxy) is 2. The van der Waals surface area contributed by atoms with Gasteiger partial charge in [-0.2, -0.15) is 0 Å². The minimum absolute atomic E-state index is 0.0146. The van der Waals surface area contributed by atoms with Gasteiger partial charge in [0.05, 0.1) is 5.69 Å². The van der Waals surface area contributed by atoms with Crippen molar-refractivity contribution in [1.82, 2.24) is 14.9 Å². The van der Waals surface area contributed by atoms with E-state index in [0.717, 1.165) is 0 Å². The van der Waals surface area contributed by atoms with E-state index in [1.54, 1.807) is 6.20 Å². The summed E-state index contributed by atoms with van der Waals surface area (Å²) in [7, 11) is 0. The van der Waals surface area contributed by atoms with Crippen LogP contribution in [0.1, 0.15) is 43.5 Å². The van der Waals surface area contributed by atoms with E-state index in [-0.39, 0.29) is 18.6 Å². The molecule has 1 aromatic heterocycles. The molecule has 4 rings (SSSR count). The number of alkyl halides is 1. The van der Waals surface area contributed by atoms with Gasteiger partial charge >= 0.3 is 12.2 Å². The number of hydrogen-bond acceptors (Lipinski definition) is 5. The first-order chi connectivity index (χ1) is 16.2. The van der Waals surface area contributed by atoms with Gasteiger partial charge in [-0.1, -0.05) is 71.1 Å². The van der Waals surface area contributed by atoms with E-state index < -0.39 is 17.8 Å². The van der Waals surface area contributed by atoms with Crippen LogP contribution in [-0.4, -0.2) is 44.4 Å². The number of nitrogens with one attached hydrogen (secondary N) is 1. The largest absolute Gasteiger partial charge is 0.449 e. The van der Waals surface area contributed by atoms with Crippen LogP contribution < -0.4 is 5.32 Å². The van der Waals surface area contributed by atoms with Gasteiger partial charge in [0.25, 0.3) is 0 Å². The molecule has 0 saturated heterocycles. The van der Waals surface area contributed by atoms with Crippen LogP contribution in [0.3, 0.4) is 0 Å². The molecule has 8 heteroatoms. The van der Waals surface area contributed by atoms with Crippen molar-refractivity contribution in [2.75, 3.05) is 11.0 Å². The van der Waals surface area contributed by atoms with Gasteiger partial charge in [0.1, 0.15) is 18.5 Å². The molecule has 0 aliphatic heterocycles. The zero-order valence-corrected chi connectivity index (χ0v) is 21.6. The van der Waals surface area contributed by atoms with Crippen LogP contribution in [0, 0.1) is 0 Å². The van der Waals surface area contributed by atoms with Crippen LogP contribution in [-0.2, 0) is 15.9 Å².